The number of aromatic nitrogens is 3. The molecule has 1 fully saturated rings. The van der Waals surface area contributed by atoms with Gasteiger partial charge in [-0.1, -0.05) is 0 Å². The molecule has 144 valence electrons. The molecule has 0 saturated carbocycles. The van der Waals surface area contributed by atoms with Gasteiger partial charge in [-0.05, 0) is 32.4 Å². The van der Waals surface area contributed by atoms with E-state index in [4.69, 9.17) is 4.74 Å². The first kappa shape index (κ1) is 20.8. The van der Waals surface area contributed by atoms with Crippen molar-refractivity contribution in [2.45, 2.75) is 45.4 Å². The molecule has 0 bridgehead atoms. The van der Waals surface area contributed by atoms with Crippen molar-refractivity contribution in [1.29, 1.82) is 0 Å². The molecule has 1 aliphatic rings. The van der Waals surface area contributed by atoms with Crippen molar-refractivity contribution in [3.8, 4) is 0 Å². The quantitative estimate of drug-likeness (QED) is 0.744. The lowest BCUT2D eigenvalue weighted by Crippen LogP contribution is -2.29. The van der Waals surface area contributed by atoms with Crippen molar-refractivity contribution >= 4 is 29.7 Å². The number of thiazole rings is 1. The molecule has 9 heteroatoms. The van der Waals surface area contributed by atoms with E-state index < -0.39 is 0 Å². The van der Waals surface area contributed by atoms with Crippen molar-refractivity contribution in [2.24, 2.45) is 0 Å². The van der Waals surface area contributed by atoms with Gasteiger partial charge in [-0.2, -0.15) is 5.10 Å². The van der Waals surface area contributed by atoms with Crippen LogP contribution >= 0.6 is 23.7 Å². The Balaban J connectivity index is 0.00000243. The lowest BCUT2D eigenvalue weighted by Gasteiger charge is -2.20. The smallest absolute Gasteiger partial charge is 0.242 e. The zero-order chi connectivity index (χ0) is 17.6. The van der Waals surface area contributed by atoms with E-state index in [1.165, 1.54) is 6.42 Å². The predicted molar refractivity (Wildman–Crippen MR) is 104 cm³/mol. The third-order valence-electron chi connectivity index (χ3n) is 4.33. The number of rotatable bonds is 7. The monoisotopic (exact) mass is 399 g/mol. The summed E-state index contributed by atoms with van der Waals surface area (Å²) in [5, 5.41) is 11.8. The number of hydrogen-bond acceptors (Lipinski definition) is 6. The summed E-state index contributed by atoms with van der Waals surface area (Å²) in [7, 11) is 1.65. The molecular weight excluding hydrogens is 374 g/mol. The Kier molecular flexibility index (Phi) is 8.02. The Morgan fingerprint density at radius 3 is 3.12 bits per heavy atom. The summed E-state index contributed by atoms with van der Waals surface area (Å²) in [5.74, 6) is 0.412. The van der Waals surface area contributed by atoms with E-state index >= 15 is 0 Å². The van der Waals surface area contributed by atoms with E-state index in [1.54, 1.807) is 23.1 Å². The average molecular weight is 400 g/mol. The Morgan fingerprint density at radius 2 is 2.38 bits per heavy atom. The molecule has 0 radical (unpaired) electrons. The molecule has 1 atom stereocenters. The molecule has 2 aromatic heterocycles. The molecule has 2 N–H and O–H groups in total. The summed E-state index contributed by atoms with van der Waals surface area (Å²) in [5.41, 5.74) is 2.02. The molecule has 0 aliphatic carbocycles. The predicted octanol–water partition coefficient (Wildman–Crippen LogP) is 2.00. The van der Waals surface area contributed by atoms with Gasteiger partial charge in [-0.15, -0.1) is 23.7 Å². The van der Waals surface area contributed by atoms with Crippen LogP contribution in [0.15, 0.2) is 12.3 Å². The van der Waals surface area contributed by atoms with Gasteiger partial charge in [0.25, 0.3) is 0 Å². The van der Waals surface area contributed by atoms with Gasteiger partial charge in [-0.25, -0.2) is 4.98 Å². The topological polar surface area (TPSA) is 81.1 Å². The van der Waals surface area contributed by atoms with E-state index in [0.717, 1.165) is 40.8 Å². The maximum absolute atomic E-state index is 12.2. The van der Waals surface area contributed by atoms with Crippen LogP contribution in [-0.4, -0.2) is 40.9 Å². The van der Waals surface area contributed by atoms with Crippen molar-refractivity contribution in [3.05, 3.63) is 33.5 Å². The highest BCUT2D eigenvalue weighted by molar-refractivity contribution is 7.11. The molecule has 0 aromatic carbocycles. The number of piperidine rings is 1. The van der Waals surface area contributed by atoms with E-state index in [9.17, 15) is 4.79 Å². The van der Waals surface area contributed by atoms with Gasteiger partial charge < -0.3 is 15.4 Å². The summed E-state index contributed by atoms with van der Waals surface area (Å²) in [6.45, 7) is 5.25. The van der Waals surface area contributed by atoms with Crippen LogP contribution in [0.1, 0.15) is 40.0 Å². The third kappa shape index (κ3) is 5.51. The Labute approximate surface area is 163 Å². The number of carbonyl (C=O) groups is 1. The van der Waals surface area contributed by atoms with Gasteiger partial charge in [0.2, 0.25) is 5.91 Å². The van der Waals surface area contributed by atoms with Crippen molar-refractivity contribution in [3.63, 3.8) is 0 Å². The first-order valence-electron chi connectivity index (χ1n) is 8.60. The van der Waals surface area contributed by atoms with Gasteiger partial charge in [0.1, 0.15) is 11.6 Å². The zero-order valence-electron chi connectivity index (χ0n) is 15.2. The lowest BCUT2D eigenvalue weighted by atomic mass is 9.97. The van der Waals surface area contributed by atoms with Crippen LogP contribution in [-0.2, 0) is 29.2 Å². The number of methoxy groups -OCH3 is 1. The maximum Gasteiger partial charge on any atom is 0.242 e. The molecule has 26 heavy (non-hydrogen) atoms. The number of ether oxygens (including phenoxy) is 1. The number of hydrogen-bond donors (Lipinski definition) is 2. The Bertz CT molecular complexity index is 712. The second kappa shape index (κ2) is 10.0. The summed E-state index contributed by atoms with van der Waals surface area (Å²) >= 11 is 1.58. The van der Waals surface area contributed by atoms with Gasteiger partial charge in [0.15, 0.2) is 0 Å². The second-order valence-corrected chi connectivity index (χ2v) is 7.48. The molecule has 3 rings (SSSR count). The van der Waals surface area contributed by atoms with E-state index in [1.807, 2.05) is 19.2 Å². The van der Waals surface area contributed by atoms with Crippen LogP contribution in [0.25, 0.3) is 0 Å². The van der Waals surface area contributed by atoms with Crippen LogP contribution in [0, 0.1) is 6.92 Å². The fourth-order valence-electron chi connectivity index (χ4n) is 3.01. The summed E-state index contributed by atoms with van der Waals surface area (Å²) in [6, 6.07) is 2.02. The zero-order valence-corrected chi connectivity index (χ0v) is 16.8. The number of amides is 1. The molecule has 2 aromatic rings. The van der Waals surface area contributed by atoms with Crippen molar-refractivity contribution < 1.29 is 9.53 Å². The van der Waals surface area contributed by atoms with Gasteiger partial charge in [-0.3, -0.25) is 9.48 Å². The number of nitrogens with zero attached hydrogens (tertiary/aromatic N) is 3. The summed E-state index contributed by atoms with van der Waals surface area (Å²) in [6.07, 6.45) is 4.22. The first-order chi connectivity index (χ1) is 12.2. The standard InChI is InChI=1S/C17H25N5O2S.ClH/c1-12-15(25-17(20-12)11-24-2)9-19-16(23)10-22-7-5-14(21-22)13-4-3-6-18-8-13;/h5,7,13,18H,3-4,6,8-11H2,1-2H3,(H,19,23);1H. The lowest BCUT2D eigenvalue weighted by molar-refractivity contribution is -0.122. The van der Waals surface area contributed by atoms with Gasteiger partial charge in [0.05, 0.1) is 24.5 Å². The SMILES string of the molecule is COCc1nc(C)c(CNC(=O)Cn2ccc(C3CCCNC3)n2)s1.Cl. The van der Waals surface area contributed by atoms with E-state index in [-0.39, 0.29) is 24.9 Å². The van der Waals surface area contributed by atoms with Crippen molar-refractivity contribution in [1.82, 2.24) is 25.4 Å². The highest BCUT2D eigenvalue weighted by Crippen LogP contribution is 2.21. The molecule has 3 heterocycles. The Hall–Kier alpha value is -1.48. The first-order valence-corrected chi connectivity index (χ1v) is 9.42. The second-order valence-electron chi connectivity index (χ2n) is 6.31. The van der Waals surface area contributed by atoms with Crippen molar-refractivity contribution in [2.75, 3.05) is 20.2 Å². The normalized spacial score (nSPS) is 16.9. The summed E-state index contributed by atoms with van der Waals surface area (Å²) < 4.78 is 6.82. The van der Waals surface area contributed by atoms with E-state index in [2.05, 4.69) is 20.7 Å². The average Bonchev–Trinajstić information content (AvgIpc) is 3.21. The molecule has 1 amide bonds. The minimum absolute atomic E-state index is 0. The fraction of sp³-hybridized carbons (Fsp3) is 0.588. The van der Waals surface area contributed by atoms with Gasteiger partial charge in [0, 0.05) is 30.6 Å². The van der Waals surface area contributed by atoms with Crippen LogP contribution in [0.2, 0.25) is 0 Å². The third-order valence-corrected chi connectivity index (χ3v) is 5.46. The highest BCUT2D eigenvalue weighted by Gasteiger charge is 2.18. The molecule has 1 aliphatic heterocycles. The number of aryl methyl sites for hydroxylation is 1. The molecular formula is C17H26ClN5O2S. The maximum atomic E-state index is 12.2. The number of halogens is 1. The number of carbonyl (C=O) groups excluding carboxylic acids is 1. The molecule has 0 spiro atoms. The van der Waals surface area contributed by atoms with Crippen LogP contribution < -0.4 is 10.6 Å². The number of nitrogens with one attached hydrogen (secondary N) is 2. The molecule has 7 nitrogen and oxygen atoms in total. The minimum atomic E-state index is -0.0440. The molecule has 1 unspecified atom stereocenters. The van der Waals surface area contributed by atoms with Gasteiger partial charge >= 0.3 is 0 Å². The van der Waals surface area contributed by atoms with E-state index in [0.29, 0.717) is 19.1 Å². The Morgan fingerprint density at radius 1 is 1.54 bits per heavy atom. The van der Waals surface area contributed by atoms with Crippen LogP contribution in [0.5, 0.6) is 0 Å². The summed E-state index contributed by atoms with van der Waals surface area (Å²) in [4.78, 5) is 17.7. The van der Waals surface area contributed by atoms with Crippen LogP contribution in [0.4, 0.5) is 0 Å². The van der Waals surface area contributed by atoms with Crippen LogP contribution in [0.3, 0.4) is 0 Å². The largest absolute Gasteiger partial charge is 0.378 e. The fourth-order valence-corrected chi connectivity index (χ4v) is 3.99. The minimum Gasteiger partial charge on any atom is -0.378 e. The molecule has 1 saturated heterocycles. The highest BCUT2D eigenvalue weighted by atomic mass is 35.5.